The number of anilines is 1. The predicted octanol–water partition coefficient (Wildman–Crippen LogP) is 2.83. The first-order valence-corrected chi connectivity index (χ1v) is 8.48. The van der Waals surface area contributed by atoms with Gasteiger partial charge in [0.05, 0.1) is 17.2 Å². The van der Waals surface area contributed by atoms with Crippen LogP contribution in [0.1, 0.15) is 25.0 Å². The fraction of sp³-hybridized carbons (Fsp3) is 0.222. The molecule has 0 aliphatic rings. The number of ether oxygens (including phenoxy) is 2. The van der Waals surface area contributed by atoms with E-state index in [1.165, 1.54) is 25.2 Å². The second-order valence-corrected chi connectivity index (χ2v) is 6.16. The third-order valence-electron chi connectivity index (χ3n) is 3.31. The smallest absolute Gasteiger partial charge is 0.347 e. The number of rotatable bonds is 6. The summed E-state index contributed by atoms with van der Waals surface area (Å²) in [5, 5.41) is 22.3. The van der Waals surface area contributed by atoms with Crippen LogP contribution >= 0.6 is 11.3 Å². The van der Waals surface area contributed by atoms with Gasteiger partial charge in [-0.3, -0.25) is 4.79 Å². The fourth-order valence-electron chi connectivity index (χ4n) is 1.89. The number of thiophene rings is 1. The Morgan fingerprint density at radius 2 is 1.77 bits per heavy atom. The summed E-state index contributed by atoms with van der Waals surface area (Å²) in [6.07, 6.45) is -1.99. The molecule has 0 aliphatic carbocycles. The average molecular weight is 369 g/mol. The highest BCUT2D eigenvalue weighted by atomic mass is 32.1. The van der Waals surface area contributed by atoms with Gasteiger partial charge in [0.15, 0.2) is 12.2 Å². The van der Waals surface area contributed by atoms with Gasteiger partial charge in [0.2, 0.25) is 0 Å². The lowest BCUT2D eigenvalue weighted by atomic mass is 10.2. The van der Waals surface area contributed by atoms with Crippen LogP contribution in [0.15, 0.2) is 35.7 Å². The van der Waals surface area contributed by atoms with Crippen LogP contribution in [0.3, 0.4) is 0 Å². The Kier molecular flexibility index (Phi) is 6.31. The molecule has 0 spiro atoms. The molecule has 0 radical (unpaired) electrons. The second kappa shape index (κ2) is 8.65. The first kappa shape index (κ1) is 19.0. The quantitative estimate of drug-likeness (QED) is 0.784. The van der Waals surface area contributed by atoms with Gasteiger partial charge in [0.1, 0.15) is 16.8 Å². The first-order valence-electron chi connectivity index (χ1n) is 7.60. The summed E-state index contributed by atoms with van der Waals surface area (Å²) in [5.41, 5.74) is 0.822. The predicted molar refractivity (Wildman–Crippen MR) is 94.5 cm³/mol. The van der Waals surface area contributed by atoms with Gasteiger partial charge < -0.3 is 14.8 Å². The number of carbonyl (C=O) groups excluding carboxylic acids is 2. The minimum atomic E-state index is -1.05. The normalized spacial score (nSPS) is 12.2. The number of hydrogen-bond acceptors (Lipinski definition) is 7. The summed E-state index contributed by atoms with van der Waals surface area (Å²) in [6, 6.07) is 11.8. The molecule has 0 bridgehead atoms. The van der Waals surface area contributed by atoms with Crippen molar-refractivity contribution in [2.45, 2.75) is 26.1 Å². The van der Waals surface area contributed by atoms with Gasteiger partial charge in [-0.2, -0.15) is 10.5 Å². The van der Waals surface area contributed by atoms with Crippen molar-refractivity contribution in [2.75, 3.05) is 5.32 Å². The Bertz CT molecular complexity index is 877. The summed E-state index contributed by atoms with van der Waals surface area (Å²) in [6.45, 7) is 2.93. The van der Waals surface area contributed by atoms with Crippen molar-refractivity contribution in [1.82, 2.24) is 0 Å². The number of esters is 1. The molecule has 2 rings (SSSR count). The van der Waals surface area contributed by atoms with E-state index >= 15 is 0 Å². The van der Waals surface area contributed by atoms with E-state index in [4.69, 9.17) is 20.0 Å². The van der Waals surface area contributed by atoms with Crippen LogP contribution in [-0.2, 0) is 14.3 Å². The van der Waals surface area contributed by atoms with Crippen LogP contribution in [0, 0.1) is 22.7 Å². The monoisotopic (exact) mass is 369 g/mol. The van der Waals surface area contributed by atoms with Gasteiger partial charge in [-0.05, 0) is 49.6 Å². The highest BCUT2D eigenvalue weighted by molar-refractivity contribution is 7.14. The van der Waals surface area contributed by atoms with E-state index in [9.17, 15) is 9.59 Å². The van der Waals surface area contributed by atoms with Crippen molar-refractivity contribution in [2.24, 2.45) is 0 Å². The SMILES string of the molecule is C[C@H](OC(=O)[C@@H](C)Oc1ccc(C#N)cc1)C(=O)Nc1sccc1C#N. The number of hydrogen-bond donors (Lipinski definition) is 1. The van der Waals surface area contributed by atoms with Crippen molar-refractivity contribution in [1.29, 1.82) is 10.5 Å². The van der Waals surface area contributed by atoms with E-state index in [-0.39, 0.29) is 0 Å². The molecule has 132 valence electrons. The molecule has 1 heterocycles. The molecule has 1 amide bonds. The van der Waals surface area contributed by atoms with Gasteiger partial charge in [-0.15, -0.1) is 11.3 Å². The Morgan fingerprint density at radius 1 is 1.08 bits per heavy atom. The third kappa shape index (κ3) is 4.82. The van der Waals surface area contributed by atoms with Gasteiger partial charge >= 0.3 is 5.97 Å². The first-order chi connectivity index (χ1) is 12.4. The number of benzene rings is 1. The van der Waals surface area contributed by atoms with Gasteiger partial charge in [-0.1, -0.05) is 0 Å². The molecule has 7 nitrogen and oxygen atoms in total. The molecule has 2 aromatic rings. The summed E-state index contributed by atoms with van der Waals surface area (Å²) in [4.78, 5) is 24.2. The van der Waals surface area contributed by atoms with Crippen molar-refractivity contribution in [3.8, 4) is 17.9 Å². The zero-order valence-corrected chi connectivity index (χ0v) is 14.9. The van der Waals surface area contributed by atoms with Crippen LogP contribution in [-0.4, -0.2) is 24.1 Å². The van der Waals surface area contributed by atoms with Crippen LogP contribution in [0.5, 0.6) is 5.75 Å². The van der Waals surface area contributed by atoms with Crippen molar-refractivity contribution in [3.63, 3.8) is 0 Å². The van der Waals surface area contributed by atoms with Crippen LogP contribution in [0.25, 0.3) is 0 Å². The summed E-state index contributed by atoms with van der Waals surface area (Å²) in [5.74, 6) is -0.839. The molecule has 0 saturated heterocycles. The highest BCUT2D eigenvalue weighted by Gasteiger charge is 2.24. The molecular weight excluding hydrogens is 354 g/mol. The lowest BCUT2D eigenvalue weighted by Crippen LogP contribution is -2.35. The van der Waals surface area contributed by atoms with E-state index in [0.29, 0.717) is 21.9 Å². The molecule has 0 aliphatic heterocycles. The minimum Gasteiger partial charge on any atom is -0.479 e. The third-order valence-corrected chi connectivity index (χ3v) is 4.14. The molecule has 1 aromatic heterocycles. The minimum absolute atomic E-state index is 0.347. The van der Waals surface area contributed by atoms with E-state index in [1.54, 1.807) is 35.7 Å². The zero-order valence-electron chi connectivity index (χ0n) is 14.1. The van der Waals surface area contributed by atoms with Gasteiger partial charge in [-0.25, -0.2) is 4.79 Å². The molecule has 2 atom stereocenters. The van der Waals surface area contributed by atoms with Gasteiger partial charge in [0, 0.05) is 0 Å². The number of nitrogens with zero attached hydrogens (tertiary/aromatic N) is 2. The molecule has 0 fully saturated rings. The fourth-order valence-corrected chi connectivity index (χ4v) is 2.63. The van der Waals surface area contributed by atoms with Crippen molar-refractivity contribution in [3.05, 3.63) is 46.8 Å². The van der Waals surface area contributed by atoms with Gasteiger partial charge in [0.25, 0.3) is 5.91 Å². The summed E-state index contributed by atoms with van der Waals surface area (Å²) >= 11 is 1.21. The van der Waals surface area contributed by atoms with E-state index in [0.717, 1.165) is 0 Å². The molecular formula is C18H15N3O4S. The molecule has 0 unspecified atom stereocenters. The molecule has 0 saturated carbocycles. The zero-order chi connectivity index (χ0) is 19.1. The van der Waals surface area contributed by atoms with E-state index in [1.807, 2.05) is 12.1 Å². The lowest BCUT2D eigenvalue weighted by molar-refractivity contribution is -0.159. The standard InChI is InChI=1S/C18H15N3O4S/c1-11(16(22)21-17-14(10-20)7-8-26-17)25-18(23)12(2)24-15-5-3-13(9-19)4-6-15/h3-8,11-12H,1-2H3,(H,21,22)/t11-,12+/m0/s1. The maximum absolute atomic E-state index is 12.1. The highest BCUT2D eigenvalue weighted by Crippen LogP contribution is 2.22. The number of nitriles is 2. The van der Waals surface area contributed by atoms with E-state index < -0.39 is 24.1 Å². The topological polar surface area (TPSA) is 112 Å². The van der Waals surface area contributed by atoms with Crippen LogP contribution in [0.2, 0.25) is 0 Å². The molecule has 8 heteroatoms. The summed E-state index contributed by atoms with van der Waals surface area (Å²) < 4.78 is 10.5. The Balaban J connectivity index is 1.89. The summed E-state index contributed by atoms with van der Waals surface area (Å²) in [7, 11) is 0. The van der Waals surface area contributed by atoms with Crippen molar-refractivity contribution < 1.29 is 19.1 Å². The van der Waals surface area contributed by atoms with Crippen molar-refractivity contribution >= 4 is 28.2 Å². The average Bonchev–Trinajstić information content (AvgIpc) is 3.09. The number of nitrogens with one attached hydrogen (secondary N) is 1. The molecule has 26 heavy (non-hydrogen) atoms. The Morgan fingerprint density at radius 3 is 2.38 bits per heavy atom. The maximum Gasteiger partial charge on any atom is 0.347 e. The van der Waals surface area contributed by atoms with E-state index in [2.05, 4.69) is 5.32 Å². The largest absolute Gasteiger partial charge is 0.479 e. The van der Waals surface area contributed by atoms with Crippen LogP contribution < -0.4 is 10.1 Å². The number of amides is 1. The Hall–Kier alpha value is -3.36. The lowest BCUT2D eigenvalue weighted by Gasteiger charge is -2.17. The number of carbonyl (C=O) groups is 2. The Labute approximate surface area is 154 Å². The second-order valence-electron chi connectivity index (χ2n) is 5.24. The maximum atomic E-state index is 12.1. The molecule has 1 aromatic carbocycles. The van der Waals surface area contributed by atoms with Crippen LogP contribution in [0.4, 0.5) is 5.00 Å². The molecule has 1 N–H and O–H groups in total.